The van der Waals surface area contributed by atoms with E-state index in [1.165, 1.54) is 12.1 Å². The first-order valence-corrected chi connectivity index (χ1v) is 5.72. The molecule has 0 saturated heterocycles. The molecule has 2 heterocycles. The number of fused-ring (bicyclic) bond motifs is 1. The fourth-order valence-corrected chi connectivity index (χ4v) is 1.99. The van der Waals surface area contributed by atoms with Crippen molar-refractivity contribution >= 4 is 10.9 Å². The number of H-pyrrole nitrogens is 2. The zero-order chi connectivity index (χ0) is 12.7. The van der Waals surface area contributed by atoms with Crippen LogP contribution in [0.15, 0.2) is 30.6 Å². The number of benzene rings is 1. The van der Waals surface area contributed by atoms with Crippen molar-refractivity contribution in [2.24, 2.45) is 5.73 Å². The second-order valence-electron chi connectivity index (χ2n) is 4.37. The normalized spacial score (nSPS) is 13.1. The van der Waals surface area contributed by atoms with E-state index in [1.54, 1.807) is 12.3 Å². The molecule has 0 unspecified atom stereocenters. The lowest BCUT2D eigenvalue weighted by atomic mass is 10.1. The van der Waals surface area contributed by atoms with E-state index in [0.29, 0.717) is 5.82 Å². The molecule has 0 radical (unpaired) electrons. The summed E-state index contributed by atoms with van der Waals surface area (Å²) in [4.78, 5) is 10.5. The van der Waals surface area contributed by atoms with Crippen molar-refractivity contribution in [3.05, 3.63) is 42.1 Å². The quantitative estimate of drug-likeness (QED) is 0.648. The Morgan fingerprint density at radius 3 is 2.94 bits per heavy atom. The van der Waals surface area contributed by atoms with Crippen molar-refractivity contribution in [3.8, 4) is 11.4 Å². The zero-order valence-electron chi connectivity index (χ0n) is 9.87. The first kappa shape index (κ1) is 11.0. The standard InChI is InChI=1S/C13H13FN4/c1-7(15)12-6-17-13(18-12)10-5-16-11-3-2-8(14)4-9(10)11/h2-7,16H,15H2,1H3,(H,17,18)/t7-/m0/s1. The minimum atomic E-state index is -0.262. The maximum atomic E-state index is 13.3. The van der Waals surface area contributed by atoms with Crippen LogP contribution in [0.4, 0.5) is 4.39 Å². The molecular weight excluding hydrogens is 231 g/mol. The van der Waals surface area contributed by atoms with E-state index in [9.17, 15) is 4.39 Å². The Balaban J connectivity index is 2.15. The molecule has 5 heteroatoms. The van der Waals surface area contributed by atoms with Gasteiger partial charge in [-0.25, -0.2) is 9.37 Å². The van der Waals surface area contributed by atoms with E-state index >= 15 is 0 Å². The van der Waals surface area contributed by atoms with Crippen LogP contribution in [-0.2, 0) is 0 Å². The summed E-state index contributed by atoms with van der Waals surface area (Å²) in [5.41, 5.74) is 8.36. The van der Waals surface area contributed by atoms with E-state index in [-0.39, 0.29) is 11.9 Å². The molecule has 0 amide bonds. The van der Waals surface area contributed by atoms with Crippen LogP contribution in [0.5, 0.6) is 0 Å². The largest absolute Gasteiger partial charge is 0.360 e. The van der Waals surface area contributed by atoms with Crippen LogP contribution in [0.3, 0.4) is 0 Å². The van der Waals surface area contributed by atoms with Crippen LogP contribution in [0.2, 0.25) is 0 Å². The molecule has 0 aliphatic heterocycles. The zero-order valence-corrected chi connectivity index (χ0v) is 9.87. The number of imidazole rings is 1. The molecule has 92 valence electrons. The molecule has 2 aromatic heterocycles. The first-order valence-electron chi connectivity index (χ1n) is 5.72. The summed E-state index contributed by atoms with van der Waals surface area (Å²) in [5.74, 6) is 0.432. The number of nitrogens with zero attached hydrogens (tertiary/aromatic N) is 1. The molecule has 1 atom stereocenters. The molecule has 0 spiro atoms. The third-order valence-corrected chi connectivity index (χ3v) is 2.98. The van der Waals surface area contributed by atoms with E-state index in [1.807, 2.05) is 13.1 Å². The first-order chi connectivity index (χ1) is 8.65. The van der Waals surface area contributed by atoms with Gasteiger partial charge in [0.25, 0.3) is 0 Å². The van der Waals surface area contributed by atoms with Crippen molar-refractivity contribution in [1.82, 2.24) is 15.0 Å². The number of nitrogens with one attached hydrogen (secondary N) is 2. The Hall–Kier alpha value is -2.14. The Labute approximate surface area is 103 Å². The summed E-state index contributed by atoms with van der Waals surface area (Å²) in [6.07, 6.45) is 3.52. The van der Waals surface area contributed by atoms with Gasteiger partial charge in [0, 0.05) is 28.7 Å². The summed E-state index contributed by atoms with van der Waals surface area (Å²) in [5, 5.41) is 0.806. The summed E-state index contributed by atoms with van der Waals surface area (Å²) >= 11 is 0. The van der Waals surface area contributed by atoms with Crippen LogP contribution >= 0.6 is 0 Å². The van der Waals surface area contributed by atoms with Crippen molar-refractivity contribution in [2.75, 3.05) is 0 Å². The van der Waals surface area contributed by atoms with Crippen LogP contribution in [0.1, 0.15) is 18.7 Å². The summed E-state index contributed by atoms with van der Waals surface area (Å²) in [7, 11) is 0. The molecule has 0 aliphatic carbocycles. The highest BCUT2D eigenvalue weighted by atomic mass is 19.1. The van der Waals surface area contributed by atoms with Gasteiger partial charge in [0.05, 0.1) is 11.9 Å². The predicted molar refractivity (Wildman–Crippen MR) is 68.4 cm³/mol. The highest BCUT2D eigenvalue weighted by molar-refractivity contribution is 5.93. The van der Waals surface area contributed by atoms with Gasteiger partial charge in [-0.05, 0) is 25.1 Å². The summed E-state index contributed by atoms with van der Waals surface area (Å²) in [6, 6.07) is 4.53. The number of hydrogen-bond donors (Lipinski definition) is 3. The molecule has 4 N–H and O–H groups in total. The lowest BCUT2D eigenvalue weighted by Gasteiger charge is -1.99. The van der Waals surface area contributed by atoms with Gasteiger partial charge in [-0.15, -0.1) is 0 Å². The lowest BCUT2D eigenvalue weighted by Crippen LogP contribution is -2.04. The second kappa shape index (κ2) is 3.96. The van der Waals surface area contributed by atoms with Gasteiger partial charge in [-0.1, -0.05) is 0 Å². The molecule has 4 nitrogen and oxygen atoms in total. The van der Waals surface area contributed by atoms with Gasteiger partial charge in [0.1, 0.15) is 11.6 Å². The van der Waals surface area contributed by atoms with Crippen LogP contribution in [-0.4, -0.2) is 15.0 Å². The van der Waals surface area contributed by atoms with Gasteiger partial charge in [-0.2, -0.15) is 0 Å². The number of halogens is 1. The van der Waals surface area contributed by atoms with Crippen LogP contribution in [0.25, 0.3) is 22.3 Å². The molecular formula is C13H13FN4. The van der Waals surface area contributed by atoms with Gasteiger partial charge >= 0.3 is 0 Å². The van der Waals surface area contributed by atoms with Gasteiger partial charge in [-0.3, -0.25) is 0 Å². The Morgan fingerprint density at radius 1 is 1.39 bits per heavy atom. The van der Waals surface area contributed by atoms with Gasteiger partial charge in [0.2, 0.25) is 0 Å². The highest BCUT2D eigenvalue weighted by Gasteiger charge is 2.11. The minimum Gasteiger partial charge on any atom is -0.360 e. The molecule has 0 fully saturated rings. The maximum absolute atomic E-state index is 13.3. The molecule has 1 aromatic carbocycles. The van der Waals surface area contributed by atoms with Crippen molar-refractivity contribution in [2.45, 2.75) is 13.0 Å². The fourth-order valence-electron chi connectivity index (χ4n) is 1.99. The van der Waals surface area contributed by atoms with Gasteiger partial charge < -0.3 is 15.7 Å². The third-order valence-electron chi connectivity index (χ3n) is 2.98. The Bertz CT molecular complexity index is 696. The van der Waals surface area contributed by atoms with Crippen LogP contribution < -0.4 is 5.73 Å². The molecule has 0 bridgehead atoms. The summed E-state index contributed by atoms with van der Waals surface area (Å²) in [6.45, 7) is 1.88. The average molecular weight is 244 g/mol. The minimum absolute atomic E-state index is 0.104. The fraction of sp³-hybridized carbons (Fsp3) is 0.154. The van der Waals surface area contributed by atoms with Crippen molar-refractivity contribution in [1.29, 1.82) is 0 Å². The second-order valence-corrected chi connectivity index (χ2v) is 4.37. The molecule has 0 aliphatic rings. The molecule has 3 aromatic rings. The highest BCUT2D eigenvalue weighted by Crippen LogP contribution is 2.27. The number of hydrogen-bond acceptors (Lipinski definition) is 2. The van der Waals surface area contributed by atoms with Crippen molar-refractivity contribution in [3.63, 3.8) is 0 Å². The smallest absolute Gasteiger partial charge is 0.139 e. The molecule has 18 heavy (non-hydrogen) atoms. The van der Waals surface area contributed by atoms with Crippen LogP contribution in [0, 0.1) is 5.82 Å². The van der Waals surface area contributed by atoms with Gasteiger partial charge in [0.15, 0.2) is 0 Å². The summed E-state index contributed by atoms with van der Waals surface area (Å²) < 4.78 is 13.3. The monoisotopic (exact) mass is 244 g/mol. The third kappa shape index (κ3) is 1.69. The predicted octanol–water partition coefficient (Wildman–Crippen LogP) is 2.72. The van der Waals surface area contributed by atoms with E-state index < -0.39 is 0 Å². The number of nitrogens with two attached hydrogens (primary N) is 1. The topological polar surface area (TPSA) is 70.5 Å². The van der Waals surface area contributed by atoms with E-state index in [2.05, 4.69) is 15.0 Å². The van der Waals surface area contributed by atoms with Crippen molar-refractivity contribution < 1.29 is 4.39 Å². The van der Waals surface area contributed by atoms with E-state index in [4.69, 9.17) is 5.73 Å². The Morgan fingerprint density at radius 2 is 2.22 bits per heavy atom. The molecule has 0 saturated carbocycles. The lowest BCUT2D eigenvalue weighted by molar-refractivity contribution is 0.630. The SMILES string of the molecule is C[C@H](N)c1cnc(-c2c[nH]c3ccc(F)cc23)[nH]1. The van der Waals surface area contributed by atoms with E-state index in [0.717, 1.165) is 22.2 Å². The maximum Gasteiger partial charge on any atom is 0.139 e. The molecule has 3 rings (SSSR count). The number of aromatic amines is 2. The number of aromatic nitrogens is 3. The Kier molecular flexibility index (Phi) is 2.41. The number of rotatable bonds is 2. The average Bonchev–Trinajstić information content (AvgIpc) is 2.93.